The average molecular weight is 417 g/mol. The van der Waals surface area contributed by atoms with Crippen molar-refractivity contribution < 1.29 is 14.7 Å². The van der Waals surface area contributed by atoms with Gasteiger partial charge in [0.15, 0.2) is 0 Å². The third-order valence-electron chi connectivity index (χ3n) is 6.89. The normalized spacial score (nSPS) is 27.5. The third-order valence-corrected chi connectivity index (χ3v) is 6.89. The quantitative estimate of drug-likeness (QED) is 0.730. The van der Waals surface area contributed by atoms with Gasteiger partial charge >= 0.3 is 0 Å². The number of carbonyl (C=O) groups excluding carboxylic acids is 2. The Balaban J connectivity index is 1.50. The van der Waals surface area contributed by atoms with Crippen LogP contribution in [0.4, 0.5) is 11.8 Å². The molecule has 0 spiro atoms. The summed E-state index contributed by atoms with van der Waals surface area (Å²) in [5.41, 5.74) is 6.57. The van der Waals surface area contributed by atoms with Crippen LogP contribution in [0.1, 0.15) is 38.3 Å². The lowest BCUT2D eigenvalue weighted by atomic mass is 9.92. The molecule has 0 aliphatic carbocycles. The molecule has 30 heavy (non-hydrogen) atoms. The number of aryl methyl sites for hydroxylation is 1. The molecule has 3 aliphatic heterocycles. The van der Waals surface area contributed by atoms with Gasteiger partial charge in [-0.1, -0.05) is 6.92 Å². The van der Waals surface area contributed by atoms with E-state index in [2.05, 4.69) is 16.9 Å². The van der Waals surface area contributed by atoms with E-state index >= 15 is 0 Å². The number of nitrogens with zero attached hydrogens (tertiary/aromatic N) is 5. The van der Waals surface area contributed by atoms with Crippen LogP contribution in [-0.4, -0.2) is 81.6 Å². The largest absolute Gasteiger partial charge is 0.396 e. The number of nitrogens with two attached hydrogens (primary N) is 1. The summed E-state index contributed by atoms with van der Waals surface area (Å²) in [7, 11) is 0. The second-order valence-corrected chi connectivity index (χ2v) is 8.83. The minimum absolute atomic E-state index is 0.00312. The van der Waals surface area contributed by atoms with Crippen molar-refractivity contribution in [3.63, 3.8) is 0 Å². The van der Waals surface area contributed by atoms with E-state index in [9.17, 15) is 14.7 Å². The maximum Gasteiger partial charge on any atom is 0.242 e. The number of carbonyl (C=O) groups is 2. The smallest absolute Gasteiger partial charge is 0.242 e. The number of anilines is 2. The minimum atomic E-state index is -0.160. The van der Waals surface area contributed by atoms with Gasteiger partial charge in [0.2, 0.25) is 17.8 Å². The zero-order chi connectivity index (χ0) is 21.4. The number of hydrogen-bond acceptors (Lipinski definition) is 7. The predicted molar refractivity (Wildman–Crippen MR) is 113 cm³/mol. The van der Waals surface area contributed by atoms with Crippen molar-refractivity contribution in [2.75, 3.05) is 43.4 Å². The first kappa shape index (κ1) is 20.8. The zero-order valence-corrected chi connectivity index (χ0v) is 17.8. The van der Waals surface area contributed by atoms with Crippen LogP contribution in [0.15, 0.2) is 6.07 Å². The minimum Gasteiger partial charge on any atom is -0.396 e. The number of aliphatic hydroxyl groups excluding tert-OH is 1. The van der Waals surface area contributed by atoms with Gasteiger partial charge in [0, 0.05) is 44.0 Å². The Morgan fingerprint density at radius 3 is 2.67 bits per heavy atom. The van der Waals surface area contributed by atoms with Gasteiger partial charge in [0.05, 0.1) is 18.5 Å². The molecular weight excluding hydrogens is 384 g/mol. The molecular formula is C21H32N6O3. The fraction of sp³-hybridized carbons (Fsp3) is 0.714. The molecule has 2 amide bonds. The van der Waals surface area contributed by atoms with Crippen LogP contribution in [0.25, 0.3) is 0 Å². The van der Waals surface area contributed by atoms with E-state index < -0.39 is 0 Å². The number of fused-ring (bicyclic) bond motifs is 1. The molecule has 3 N–H and O–H groups in total. The van der Waals surface area contributed by atoms with Gasteiger partial charge in [-0.3, -0.25) is 9.59 Å². The summed E-state index contributed by atoms with van der Waals surface area (Å²) in [6.07, 6.45) is 3.14. The van der Waals surface area contributed by atoms with Gasteiger partial charge in [-0.15, -0.1) is 0 Å². The Bertz CT molecular complexity index is 790. The highest BCUT2D eigenvalue weighted by Gasteiger charge is 2.50. The number of likely N-dealkylation sites (tertiary alicyclic amines) is 1. The number of aliphatic hydroxyl groups is 1. The van der Waals surface area contributed by atoms with Gasteiger partial charge in [-0.05, 0) is 38.5 Å². The molecule has 0 aromatic carbocycles. The van der Waals surface area contributed by atoms with Crippen molar-refractivity contribution in [1.82, 2.24) is 19.8 Å². The van der Waals surface area contributed by atoms with Crippen LogP contribution in [0.3, 0.4) is 0 Å². The Morgan fingerprint density at radius 1 is 1.30 bits per heavy atom. The lowest BCUT2D eigenvalue weighted by Gasteiger charge is -2.40. The third kappa shape index (κ3) is 3.82. The molecule has 3 saturated heterocycles. The van der Waals surface area contributed by atoms with Crippen molar-refractivity contribution in [3.05, 3.63) is 11.8 Å². The lowest BCUT2D eigenvalue weighted by molar-refractivity contribution is -0.139. The first-order valence-electron chi connectivity index (χ1n) is 11.0. The number of amides is 2. The van der Waals surface area contributed by atoms with E-state index in [1.807, 2.05) is 27.7 Å². The molecule has 0 saturated carbocycles. The number of nitrogen functional groups attached to an aromatic ring is 1. The highest BCUT2D eigenvalue weighted by atomic mass is 16.3. The molecule has 3 aliphatic rings. The monoisotopic (exact) mass is 416 g/mol. The van der Waals surface area contributed by atoms with Gasteiger partial charge in [0.1, 0.15) is 5.82 Å². The molecule has 4 heterocycles. The van der Waals surface area contributed by atoms with E-state index in [0.717, 1.165) is 25.0 Å². The van der Waals surface area contributed by atoms with Gasteiger partial charge in [0.25, 0.3) is 0 Å². The molecule has 1 aromatic rings. The Kier molecular flexibility index (Phi) is 5.81. The Labute approximate surface area is 177 Å². The fourth-order valence-corrected chi connectivity index (χ4v) is 5.37. The van der Waals surface area contributed by atoms with Gasteiger partial charge in [-0.2, -0.15) is 4.98 Å². The van der Waals surface area contributed by atoms with Crippen LogP contribution >= 0.6 is 0 Å². The second-order valence-electron chi connectivity index (χ2n) is 8.83. The Hall–Kier alpha value is -2.42. The molecule has 0 radical (unpaired) electrons. The van der Waals surface area contributed by atoms with E-state index in [0.29, 0.717) is 37.8 Å². The van der Waals surface area contributed by atoms with E-state index in [4.69, 9.17) is 5.73 Å². The van der Waals surface area contributed by atoms with Crippen molar-refractivity contribution in [3.8, 4) is 0 Å². The maximum absolute atomic E-state index is 13.3. The summed E-state index contributed by atoms with van der Waals surface area (Å²) in [6.45, 7) is 6.38. The highest BCUT2D eigenvalue weighted by molar-refractivity contribution is 5.87. The second kappa shape index (κ2) is 8.37. The topological polar surface area (TPSA) is 116 Å². The maximum atomic E-state index is 13.3. The van der Waals surface area contributed by atoms with Crippen LogP contribution in [-0.2, 0) is 9.59 Å². The first-order valence-corrected chi connectivity index (χ1v) is 11.0. The fourth-order valence-electron chi connectivity index (χ4n) is 5.37. The zero-order valence-electron chi connectivity index (χ0n) is 17.8. The number of piperidine rings is 1. The van der Waals surface area contributed by atoms with Gasteiger partial charge < -0.3 is 25.5 Å². The number of hydrogen-bond donors (Lipinski definition) is 2. The van der Waals surface area contributed by atoms with Crippen molar-refractivity contribution in [2.45, 2.75) is 51.6 Å². The molecule has 3 atom stereocenters. The summed E-state index contributed by atoms with van der Waals surface area (Å²) < 4.78 is 0. The molecule has 9 heteroatoms. The van der Waals surface area contributed by atoms with Crippen LogP contribution in [0.5, 0.6) is 0 Å². The number of piperazine rings is 1. The summed E-state index contributed by atoms with van der Waals surface area (Å²) in [4.78, 5) is 40.7. The SMILES string of the molecule is CC[C@@H]1[C@H](C(=O)N2CCC(CO)CC2)C[C@@H]2CN(c3cc(C)nc(N)n3)CC(=O)N21. The van der Waals surface area contributed by atoms with Crippen LogP contribution in [0, 0.1) is 18.8 Å². The Morgan fingerprint density at radius 2 is 2.03 bits per heavy atom. The average Bonchev–Trinajstić information content (AvgIpc) is 3.11. The highest BCUT2D eigenvalue weighted by Crippen LogP contribution is 2.37. The summed E-state index contributed by atoms with van der Waals surface area (Å²) in [5.74, 6) is 1.21. The summed E-state index contributed by atoms with van der Waals surface area (Å²) in [6, 6.07) is 1.79. The van der Waals surface area contributed by atoms with Crippen LogP contribution in [0.2, 0.25) is 0 Å². The summed E-state index contributed by atoms with van der Waals surface area (Å²) in [5, 5.41) is 9.36. The van der Waals surface area contributed by atoms with Crippen LogP contribution < -0.4 is 10.6 Å². The predicted octanol–water partition coefficient (Wildman–Crippen LogP) is 0.414. The van der Waals surface area contributed by atoms with E-state index in [-0.39, 0.29) is 48.9 Å². The summed E-state index contributed by atoms with van der Waals surface area (Å²) >= 11 is 0. The molecule has 9 nitrogen and oxygen atoms in total. The number of rotatable bonds is 4. The standard InChI is InChI=1S/C21H32N6O3/c1-3-17-16(20(30)25-6-4-14(12-28)5-7-25)9-15-10-26(11-19(29)27(15)17)18-8-13(2)23-21(22)24-18/h8,14-17,28H,3-7,9-12H2,1-2H3,(H2,22,23,24)/t15-,16-,17-/m1/s1. The molecule has 0 bridgehead atoms. The van der Waals surface area contributed by atoms with Gasteiger partial charge in [-0.25, -0.2) is 4.98 Å². The lowest BCUT2D eigenvalue weighted by Crippen LogP contribution is -2.56. The number of aromatic nitrogens is 2. The molecule has 4 rings (SSSR count). The molecule has 0 unspecified atom stereocenters. The van der Waals surface area contributed by atoms with Crippen molar-refractivity contribution in [1.29, 1.82) is 0 Å². The van der Waals surface area contributed by atoms with Crippen molar-refractivity contribution >= 4 is 23.6 Å². The molecule has 3 fully saturated rings. The van der Waals surface area contributed by atoms with E-state index in [1.54, 1.807) is 0 Å². The van der Waals surface area contributed by atoms with E-state index in [1.165, 1.54) is 0 Å². The first-order chi connectivity index (χ1) is 14.4. The van der Waals surface area contributed by atoms with Crippen molar-refractivity contribution in [2.24, 2.45) is 11.8 Å². The molecule has 1 aromatic heterocycles. The molecule has 164 valence electrons.